The van der Waals surface area contributed by atoms with Gasteiger partial charge in [-0.05, 0) is 48.9 Å². The maximum atomic E-state index is 12.7. The number of esters is 1. The second kappa shape index (κ2) is 10.1. The van der Waals surface area contributed by atoms with Gasteiger partial charge in [0.2, 0.25) is 11.8 Å². The van der Waals surface area contributed by atoms with Crippen molar-refractivity contribution in [1.82, 2.24) is 0 Å². The predicted molar refractivity (Wildman–Crippen MR) is 128 cm³/mol. The lowest BCUT2D eigenvalue weighted by molar-refractivity contribution is -0.122. The monoisotopic (exact) mass is 456 g/mol. The number of benzene rings is 3. The Hall–Kier alpha value is -4.26. The van der Waals surface area contributed by atoms with Gasteiger partial charge in [-0.25, -0.2) is 4.79 Å². The highest BCUT2D eigenvalue weighted by atomic mass is 16.5. The number of carbonyl (C=O) groups excluding carboxylic acids is 4. The maximum absolute atomic E-state index is 12.7. The van der Waals surface area contributed by atoms with Gasteiger partial charge in [0.05, 0.1) is 11.5 Å². The van der Waals surface area contributed by atoms with Crippen LogP contribution in [0.25, 0.3) is 0 Å². The van der Waals surface area contributed by atoms with Crippen LogP contribution in [0, 0.1) is 12.8 Å². The Morgan fingerprint density at radius 1 is 0.941 bits per heavy atom. The summed E-state index contributed by atoms with van der Waals surface area (Å²) in [6.45, 7) is 1.91. The summed E-state index contributed by atoms with van der Waals surface area (Å²) in [7, 11) is 0. The van der Waals surface area contributed by atoms with Gasteiger partial charge >= 0.3 is 5.97 Å². The quantitative estimate of drug-likeness (QED) is 0.428. The fourth-order valence-electron chi connectivity index (χ4n) is 3.78. The van der Waals surface area contributed by atoms with Gasteiger partial charge in [0.1, 0.15) is 0 Å². The summed E-state index contributed by atoms with van der Waals surface area (Å²) in [5, 5.41) is 2.80. The number of ether oxygens (including phenoxy) is 1. The number of nitrogens with zero attached hydrogens (tertiary/aromatic N) is 1. The lowest BCUT2D eigenvalue weighted by Crippen LogP contribution is -2.28. The second-order valence-electron chi connectivity index (χ2n) is 8.18. The van der Waals surface area contributed by atoms with E-state index in [2.05, 4.69) is 5.32 Å². The number of aryl methyl sites for hydroxylation is 1. The first-order valence-electron chi connectivity index (χ1n) is 10.9. The van der Waals surface area contributed by atoms with Crippen molar-refractivity contribution < 1.29 is 23.9 Å². The van der Waals surface area contributed by atoms with Crippen LogP contribution in [0.2, 0.25) is 0 Å². The number of amides is 2. The van der Waals surface area contributed by atoms with E-state index < -0.39 is 11.9 Å². The zero-order chi connectivity index (χ0) is 24.1. The maximum Gasteiger partial charge on any atom is 0.338 e. The number of anilines is 2. The molecule has 1 fully saturated rings. The summed E-state index contributed by atoms with van der Waals surface area (Å²) in [6, 6.07) is 22.4. The van der Waals surface area contributed by atoms with Gasteiger partial charge in [-0.1, -0.05) is 42.5 Å². The van der Waals surface area contributed by atoms with Gasteiger partial charge in [-0.15, -0.1) is 0 Å². The van der Waals surface area contributed by atoms with E-state index in [1.165, 1.54) is 12.1 Å². The first kappa shape index (κ1) is 22.9. The van der Waals surface area contributed by atoms with Crippen LogP contribution >= 0.6 is 0 Å². The van der Waals surface area contributed by atoms with Crippen molar-refractivity contribution in [2.45, 2.75) is 13.3 Å². The molecule has 4 rings (SSSR count). The molecule has 172 valence electrons. The molecule has 0 aliphatic carbocycles. The third kappa shape index (κ3) is 5.38. The van der Waals surface area contributed by atoms with Crippen LogP contribution in [0.3, 0.4) is 0 Å². The van der Waals surface area contributed by atoms with E-state index in [1.807, 2.05) is 31.2 Å². The van der Waals surface area contributed by atoms with Crippen LogP contribution in [-0.2, 0) is 14.3 Å². The molecular weight excluding hydrogens is 432 g/mol. The Kier molecular flexibility index (Phi) is 6.82. The highest BCUT2D eigenvalue weighted by Gasteiger charge is 2.35. The number of ketones is 1. The highest BCUT2D eigenvalue weighted by molar-refractivity contribution is 6.04. The van der Waals surface area contributed by atoms with E-state index in [-0.39, 0.29) is 36.2 Å². The molecule has 0 bridgehead atoms. The van der Waals surface area contributed by atoms with Gasteiger partial charge in [0.25, 0.3) is 0 Å². The van der Waals surface area contributed by atoms with Gasteiger partial charge in [0.15, 0.2) is 12.4 Å². The zero-order valence-corrected chi connectivity index (χ0v) is 18.7. The molecule has 2 amide bonds. The highest BCUT2D eigenvalue weighted by Crippen LogP contribution is 2.26. The van der Waals surface area contributed by atoms with Gasteiger partial charge in [0, 0.05) is 29.9 Å². The number of hydrogen-bond acceptors (Lipinski definition) is 5. The van der Waals surface area contributed by atoms with Crippen molar-refractivity contribution in [1.29, 1.82) is 0 Å². The van der Waals surface area contributed by atoms with Crippen molar-refractivity contribution in [3.63, 3.8) is 0 Å². The van der Waals surface area contributed by atoms with Crippen LogP contribution < -0.4 is 10.2 Å². The first-order chi connectivity index (χ1) is 16.4. The molecule has 1 N–H and O–H groups in total. The molecule has 1 aliphatic heterocycles. The Balaban J connectivity index is 1.31. The fourth-order valence-corrected chi connectivity index (χ4v) is 3.78. The van der Waals surface area contributed by atoms with Gasteiger partial charge in [-0.2, -0.15) is 0 Å². The summed E-state index contributed by atoms with van der Waals surface area (Å²) >= 11 is 0. The lowest BCUT2D eigenvalue weighted by Gasteiger charge is -2.17. The minimum Gasteiger partial charge on any atom is -0.454 e. The van der Waals surface area contributed by atoms with Gasteiger partial charge in [-0.3, -0.25) is 14.4 Å². The lowest BCUT2D eigenvalue weighted by atomic mass is 10.1. The number of Topliss-reactive ketones (excluding diaryl/α,β-unsaturated/α-hetero) is 1. The zero-order valence-electron chi connectivity index (χ0n) is 18.7. The molecule has 1 aliphatic rings. The van der Waals surface area contributed by atoms with Crippen molar-refractivity contribution in [2.75, 3.05) is 23.4 Å². The number of carbonyl (C=O) groups is 4. The van der Waals surface area contributed by atoms with Crippen molar-refractivity contribution in [2.24, 2.45) is 5.92 Å². The molecule has 0 radical (unpaired) electrons. The molecule has 1 saturated heterocycles. The van der Waals surface area contributed by atoms with Crippen molar-refractivity contribution in [3.8, 4) is 0 Å². The SMILES string of the molecule is Cc1cccc(N2C[C@H](C(=O)Nc3ccc(C(=O)OCC(=O)c4ccccc4)cc3)CC2=O)c1. The molecule has 34 heavy (non-hydrogen) atoms. The van der Waals surface area contributed by atoms with Gasteiger partial charge < -0.3 is 15.0 Å². The molecule has 3 aromatic carbocycles. The summed E-state index contributed by atoms with van der Waals surface area (Å²) in [5.74, 6) is -1.73. The number of rotatable bonds is 7. The van der Waals surface area contributed by atoms with E-state index in [0.717, 1.165) is 11.3 Å². The molecule has 7 heteroatoms. The van der Waals surface area contributed by atoms with Crippen LogP contribution in [0.5, 0.6) is 0 Å². The Bertz CT molecular complexity index is 1220. The first-order valence-corrected chi connectivity index (χ1v) is 10.9. The predicted octanol–water partition coefficient (Wildman–Crippen LogP) is 4.03. The Morgan fingerprint density at radius 3 is 2.38 bits per heavy atom. The van der Waals surface area contributed by atoms with E-state index in [1.54, 1.807) is 47.4 Å². The molecule has 1 heterocycles. The average molecular weight is 456 g/mol. The van der Waals surface area contributed by atoms with E-state index >= 15 is 0 Å². The topological polar surface area (TPSA) is 92.8 Å². The molecule has 7 nitrogen and oxygen atoms in total. The summed E-state index contributed by atoms with van der Waals surface area (Å²) in [6.07, 6.45) is 0.139. The summed E-state index contributed by atoms with van der Waals surface area (Å²) in [4.78, 5) is 51.1. The standard InChI is InChI=1S/C27H24N2O5/c1-18-6-5-9-23(14-18)29-16-21(15-25(29)31)26(32)28-22-12-10-20(11-13-22)27(33)34-17-24(30)19-7-3-2-4-8-19/h2-14,21H,15-17H2,1H3,(H,28,32)/t21-/m1/s1. The Labute approximate surface area is 197 Å². The third-order valence-electron chi connectivity index (χ3n) is 5.63. The van der Waals surface area contributed by atoms with E-state index in [0.29, 0.717) is 17.8 Å². The number of hydrogen-bond donors (Lipinski definition) is 1. The fraction of sp³-hybridized carbons (Fsp3) is 0.185. The Morgan fingerprint density at radius 2 is 1.68 bits per heavy atom. The van der Waals surface area contributed by atoms with Crippen LogP contribution in [-0.4, -0.2) is 36.7 Å². The minimum atomic E-state index is -0.627. The van der Waals surface area contributed by atoms with Crippen LogP contribution in [0.4, 0.5) is 11.4 Å². The van der Waals surface area contributed by atoms with E-state index in [9.17, 15) is 19.2 Å². The average Bonchev–Trinajstić information content (AvgIpc) is 3.25. The smallest absolute Gasteiger partial charge is 0.338 e. The molecule has 1 atom stereocenters. The molecule has 0 unspecified atom stereocenters. The molecule has 0 aromatic heterocycles. The van der Waals surface area contributed by atoms with E-state index in [4.69, 9.17) is 4.74 Å². The largest absolute Gasteiger partial charge is 0.454 e. The molecular formula is C27H24N2O5. The summed E-state index contributed by atoms with van der Waals surface area (Å²) in [5.41, 5.74) is 3.07. The summed E-state index contributed by atoms with van der Waals surface area (Å²) < 4.78 is 5.10. The van der Waals surface area contributed by atoms with Crippen molar-refractivity contribution in [3.05, 3.63) is 95.6 Å². The number of nitrogens with one attached hydrogen (secondary N) is 1. The molecule has 0 spiro atoms. The van der Waals surface area contributed by atoms with Crippen molar-refractivity contribution >= 4 is 34.9 Å². The second-order valence-corrected chi connectivity index (χ2v) is 8.18. The van der Waals surface area contributed by atoms with Crippen LogP contribution in [0.1, 0.15) is 32.7 Å². The normalized spacial score (nSPS) is 15.1. The molecule has 0 saturated carbocycles. The van der Waals surface area contributed by atoms with Crippen LogP contribution in [0.15, 0.2) is 78.9 Å². The third-order valence-corrected chi connectivity index (χ3v) is 5.63. The molecule has 3 aromatic rings. The minimum absolute atomic E-state index is 0.0890.